The molecular formula is C11H17N5S. The molecule has 2 rings (SSSR count). The fourth-order valence-electron chi connectivity index (χ4n) is 1.67. The summed E-state index contributed by atoms with van der Waals surface area (Å²) in [5, 5.41) is 0.897. The normalized spacial score (nSPS) is 11.5. The molecule has 2 aromatic rings. The lowest BCUT2D eigenvalue weighted by Crippen LogP contribution is -2.03. The van der Waals surface area contributed by atoms with E-state index in [0.29, 0.717) is 11.6 Å². The van der Waals surface area contributed by atoms with Crippen molar-refractivity contribution in [2.45, 2.75) is 31.8 Å². The van der Waals surface area contributed by atoms with E-state index in [0.717, 1.165) is 23.5 Å². The van der Waals surface area contributed by atoms with Gasteiger partial charge in [0.2, 0.25) is 5.95 Å². The molecule has 17 heavy (non-hydrogen) atoms. The first-order valence-corrected chi connectivity index (χ1v) is 6.86. The van der Waals surface area contributed by atoms with Crippen molar-refractivity contribution in [2.75, 3.05) is 12.0 Å². The van der Waals surface area contributed by atoms with Crippen LogP contribution in [-0.4, -0.2) is 25.8 Å². The summed E-state index contributed by atoms with van der Waals surface area (Å²) in [6, 6.07) is 0. The first kappa shape index (κ1) is 12.2. The SMILES string of the molecule is CSc1nc(N)nc2ncn(CCC(C)C)c12. The molecule has 5 nitrogen and oxygen atoms in total. The lowest BCUT2D eigenvalue weighted by molar-refractivity contribution is 0.521. The van der Waals surface area contributed by atoms with Crippen LogP contribution >= 0.6 is 11.8 Å². The predicted octanol–water partition coefficient (Wildman–Crippen LogP) is 2.18. The van der Waals surface area contributed by atoms with Crippen LogP contribution in [0.3, 0.4) is 0 Å². The highest BCUT2D eigenvalue weighted by Crippen LogP contribution is 2.24. The lowest BCUT2D eigenvalue weighted by atomic mass is 10.1. The molecule has 0 aromatic carbocycles. The number of aromatic nitrogens is 4. The minimum atomic E-state index is 0.288. The van der Waals surface area contributed by atoms with Gasteiger partial charge in [-0.25, -0.2) is 9.97 Å². The summed E-state index contributed by atoms with van der Waals surface area (Å²) < 4.78 is 2.11. The Hall–Kier alpha value is -1.30. The number of thioether (sulfide) groups is 1. The van der Waals surface area contributed by atoms with Crippen LogP contribution in [0, 0.1) is 5.92 Å². The molecule has 0 spiro atoms. The van der Waals surface area contributed by atoms with Crippen LogP contribution in [0.2, 0.25) is 0 Å². The number of anilines is 1. The summed E-state index contributed by atoms with van der Waals surface area (Å²) in [5.74, 6) is 0.954. The average Bonchev–Trinajstić information content (AvgIpc) is 2.68. The van der Waals surface area contributed by atoms with Crippen LogP contribution in [0.15, 0.2) is 11.4 Å². The molecule has 2 N–H and O–H groups in total. The summed E-state index contributed by atoms with van der Waals surface area (Å²) in [5.41, 5.74) is 7.33. The van der Waals surface area contributed by atoms with Gasteiger partial charge in [0.05, 0.1) is 6.33 Å². The number of rotatable bonds is 4. The van der Waals surface area contributed by atoms with E-state index in [1.54, 1.807) is 11.8 Å². The fraction of sp³-hybridized carbons (Fsp3) is 0.545. The van der Waals surface area contributed by atoms with E-state index >= 15 is 0 Å². The van der Waals surface area contributed by atoms with E-state index in [1.165, 1.54) is 0 Å². The van der Waals surface area contributed by atoms with Gasteiger partial charge in [0.25, 0.3) is 0 Å². The zero-order chi connectivity index (χ0) is 12.4. The zero-order valence-electron chi connectivity index (χ0n) is 10.3. The highest BCUT2D eigenvalue weighted by molar-refractivity contribution is 7.98. The third-order valence-corrected chi connectivity index (χ3v) is 3.27. The zero-order valence-corrected chi connectivity index (χ0v) is 11.2. The van der Waals surface area contributed by atoms with Gasteiger partial charge in [-0.1, -0.05) is 13.8 Å². The molecule has 0 fully saturated rings. The monoisotopic (exact) mass is 251 g/mol. The standard InChI is InChI=1S/C11H17N5S/c1-7(2)4-5-16-6-13-9-8(16)10(17-3)15-11(12)14-9/h6-7H,4-5H2,1-3H3,(H2,12,14,15). The maximum atomic E-state index is 5.65. The van der Waals surface area contributed by atoms with E-state index < -0.39 is 0 Å². The van der Waals surface area contributed by atoms with Crippen LogP contribution in [0.4, 0.5) is 5.95 Å². The number of nitrogen functional groups attached to an aromatic ring is 1. The molecule has 0 atom stereocenters. The van der Waals surface area contributed by atoms with Gasteiger partial charge in [-0.15, -0.1) is 11.8 Å². The Morgan fingerprint density at radius 3 is 2.82 bits per heavy atom. The number of nitrogens with two attached hydrogens (primary N) is 1. The topological polar surface area (TPSA) is 69.6 Å². The van der Waals surface area contributed by atoms with Gasteiger partial charge in [-0.05, 0) is 18.6 Å². The molecule has 0 aliphatic rings. The smallest absolute Gasteiger partial charge is 0.223 e. The fourth-order valence-corrected chi connectivity index (χ4v) is 2.26. The third-order valence-electron chi connectivity index (χ3n) is 2.60. The molecule has 92 valence electrons. The molecule has 0 amide bonds. The average molecular weight is 251 g/mol. The lowest BCUT2D eigenvalue weighted by Gasteiger charge is -2.08. The van der Waals surface area contributed by atoms with Crippen molar-refractivity contribution >= 4 is 28.9 Å². The summed E-state index contributed by atoms with van der Waals surface area (Å²) >= 11 is 1.57. The van der Waals surface area contributed by atoms with Crippen molar-refractivity contribution in [3.05, 3.63) is 6.33 Å². The van der Waals surface area contributed by atoms with Gasteiger partial charge >= 0.3 is 0 Å². The van der Waals surface area contributed by atoms with E-state index in [1.807, 2.05) is 12.6 Å². The van der Waals surface area contributed by atoms with Crippen LogP contribution in [-0.2, 0) is 6.54 Å². The van der Waals surface area contributed by atoms with Crippen LogP contribution in [0.1, 0.15) is 20.3 Å². The number of imidazole rings is 1. The van der Waals surface area contributed by atoms with Crippen LogP contribution < -0.4 is 5.73 Å². The van der Waals surface area contributed by atoms with Gasteiger partial charge in [0.15, 0.2) is 5.65 Å². The van der Waals surface area contributed by atoms with Crippen molar-refractivity contribution in [1.29, 1.82) is 0 Å². The number of hydrogen-bond donors (Lipinski definition) is 1. The first-order chi connectivity index (χ1) is 8.11. The Labute approximate surface area is 105 Å². The highest BCUT2D eigenvalue weighted by Gasteiger charge is 2.11. The van der Waals surface area contributed by atoms with Gasteiger partial charge < -0.3 is 10.3 Å². The molecule has 0 saturated carbocycles. The second-order valence-electron chi connectivity index (χ2n) is 4.38. The van der Waals surface area contributed by atoms with Gasteiger partial charge in [-0.3, -0.25) is 0 Å². The maximum Gasteiger partial charge on any atom is 0.223 e. The van der Waals surface area contributed by atoms with E-state index in [4.69, 9.17) is 5.73 Å². The molecule has 0 radical (unpaired) electrons. The van der Waals surface area contributed by atoms with Crippen LogP contribution in [0.5, 0.6) is 0 Å². The molecule has 2 aromatic heterocycles. The maximum absolute atomic E-state index is 5.65. The largest absolute Gasteiger partial charge is 0.368 e. The van der Waals surface area contributed by atoms with E-state index in [-0.39, 0.29) is 5.95 Å². The Bertz CT molecular complexity index is 520. The highest BCUT2D eigenvalue weighted by atomic mass is 32.2. The van der Waals surface area contributed by atoms with Crippen molar-refractivity contribution in [2.24, 2.45) is 5.92 Å². The molecule has 0 aliphatic heterocycles. The first-order valence-electron chi connectivity index (χ1n) is 5.64. The molecule has 2 heterocycles. The Morgan fingerprint density at radius 2 is 2.18 bits per heavy atom. The Morgan fingerprint density at radius 1 is 1.41 bits per heavy atom. The van der Waals surface area contributed by atoms with E-state index in [2.05, 4.69) is 33.4 Å². The molecule has 0 bridgehead atoms. The number of fused-ring (bicyclic) bond motifs is 1. The van der Waals surface area contributed by atoms with Crippen molar-refractivity contribution < 1.29 is 0 Å². The second-order valence-corrected chi connectivity index (χ2v) is 5.18. The Kier molecular flexibility index (Phi) is 3.51. The van der Waals surface area contributed by atoms with Crippen molar-refractivity contribution in [1.82, 2.24) is 19.5 Å². The summed E-state index contributed by atoms with van der Waals surface area (Å²) in [4.78, 5) is 12.7. The van der Waals surface area contributed by atoms with Crippen molar-refractivity contribution in [3.63, 3.8) is 0 Å². The Balaban J connectivity index is 2.43. The molecule has 6 heteroatoms. The molecule has 0 aliphatic carbocycles. The van der Waals surface area contributed by atoms with Crippen LogP contribution in [0.25, 0.3) is 11.2 Å². The van der Waals surface area contributed by atoms with Crippen molar-refractivity contribution in [3.8, 4) is 0 Å². The number of aryl methyl sites for hydroxylation is 1. The quantitative estimate of drug-likeness (QED) is 0.666. The summed E-state index contributed by atoms with van der Waals surface area (Å²) in [7, 11) is 0. The summed E-state index contributed by atoms with van der Waals surface area (Å²) in [6.45, 7) is 5.36. The number of hydrogen-bond acceptors (Lipinski definition) is 5. The minimum Gasteiger partial charge on any atom is -0.368 e. The number of nitrogens with zero attached hydrogens (tertiary/aromatic N) is 4. The third kappa shape index (κ3) is 2.52. The molecule has 0 unspecified atom stereocenters. The van der Waals surface area contributed by atoms with E-state index in [9.17, 15) is 0 Å². The predicted molar refractivity (Wildman–Crippen MR) is 71.0 cm³/mol. The summed E-state index contributed by atoms with van der Waals surface area (Å²) in [6.07, 6.45) is 4.92. The second kappa shape index (κ2) is 4.91. The molecular weight excluding hydrogens is 234 g/mol. The van der Waals surface area contributed by atoms with Gasteiger partial charge in [0.1, 0.15) is 10.5 Å². The van der Waals surface area contributed by atoms with Gasteiger partial charge in [0, 0.05) is 6.54 Å². The van der Waals surface area contributed by atoms with Gasteiger partial charge in [-0.2, -0.15) is 4.98 Å². The minimum absolute atomic E-state index is 0.288. The molecule has 0 saturated heterocycles.